The van der Waals surface area contributed by atoms with Crippen LogP contribution >= 0.6 is 22.6 Å². The van der Waals surface area contributed by atoms with Gasteiger partial charge >= 0.3 is 10.2 Å². The minimum Gasteiger partial charge on any atom is -0.455 e. The predicted octanol–water partition coefficient (Wildman–Crippen LogP) is 4.13. The van der Waals surface area contributed by atoms with Gasteiger partial charge in [-0.15, -0.1) is 0 Å². The van der Waals surface area contributed by atoms with E-state index in [0.29, 0.717) is 14.5 Å². The van der Waals surface area contributed by atoms with Crippen LogP contribution < -0.4 is 25.7 Å². The molecule has 39 heavy (non-hydrogen) atoms. The summed E-state index contributed by atoms with van der Waals surface area (Å²) in [5.74, 6) is -0.756. The molecule has 0 aliphatic heterocycles. The smallest absolute Gasteiger partial charge is 0.305 e. The highest BCUT2D eigenvalue weighted by Gasteiger charge is 2.31. The molecule has 10 nitrogen and oxygen atoms in total. The lowest BCUT2D eigenvalue weighted by Crippen LogP contribution is -2.31. The molecule has 2 aromatic carbocycles. The molecule has 0 radical (unpaired) electrons. The van der Waals surface area contributed by atoms with E-state index in [-0.39, 0.29) is 40.2 Å². The Labute approximate surface area is 237 Å². The first-order valence-corrected chi connectivity index (χ1v) is 14.5. The number of nitrogens with zero attached hydrogens (tertiary/aromatic N) is 2. The number of carbonyl (C=O) groups excluding carboxylic acids is 1. The third-order valence-electron chi connectivity index (χ3n) is 6.48. The molecule has 1 fully saturated rings. The third kappa shape index (κ3) is 5.13. The summed E-state index contributed by atoms with van der Waals surface area (Å²) in [6.45, 7) is 1.54. The van der Waals surface area contributed by atoms with Crippen LogP contribution in [0.1, 0.15) is 28.8 Å². The number of rotatable bonds is 8. The molecule has 1 saturated carbocycles. The van der Waals surface area contributed by atoms with Crippen molar-refractivity contribution in [3.8, 4) is 11.5 Å². The van der Waals surface area contributed by atoms with Gasteiger partial charge in [0.1, 0.15) is 22.9 Å². The van der Waals surface area contributed by atoms with Crippen LogP contribution in [0.25, 0.3) is 10.9 Å². The number of carbonyl (C=O) groups is 1. The van der Waals surface area contributed by atoms with Gasteiger partial charge in [0.15, 0.2) is 5.75 Å². The molecule has 0 saturated heterocycles. The second-order valence-electron chi connectivity index (χ2n) is 9.15. The number of pyridine rings is 1. The summed E-state index contributed by atoms with van der Waals surface area (Å²) in [5.41, 5.74) is 0.151. The van der Waals surface area contributed by atoms with Crippen molar-refractivity contribution in [2.24, 2.45) is 7.05 Å². The van der Waals surface area contributed by atoms with Crippen LogP contribution in [0.15, 0.2) is 53.5 Å². The van der Waals surface area contributed by atoms with Gasteiger partial charge in [0, 0.05) is 35.3 Å². The number of anilines is 2. The van der Waals surface area contributed by atoms with E-state index in [2.05, 4.69) is 15.4 Å². The molecule has 1 aliphatic carbocycles. The van der Waals surface area contributed by atoms with Gasteiger partial charge in [-0.1, -0.05) is 6.07 Å². The number of ether oxygens (including phenoxy) is 1. The molecule has 5 rings (SSSR count). The molecule has 13 heteroatoms. The molecule has 3 N–H and O–H groups in total. The maximum Gasteiger partial charge on any atom is 0.305 e. The van der Waals surface area contributed by atoms with Gasteiger partial charge < -0.3 is 15.4 Å². The second-order valence-corrected chi connectivity index (χ2v) is 12.1. The van der Waals surface area contributed by atoms with Crippen LogP contribution in [0, 0.1) is 16.3 Å². The van der Waals surface area contributed by atoms with E-state index >= 15 is 0 Å². The van der Waals surface area contributed by atoms with E-state index in [0.717, 1.165) is 16.8 Å². The maximum atomic E-state index is 14.8. The molecule has 204 valence electrons. The van der Waals surface area contributed by atoms with E-state index in [9.17, 15) is 22.4 Å². The lowest BCUT2D eigenvalue weighted by Gasteiger charge is -2.21. The number of aromatic nitrogens is 2. The molecular weight excluding hydrogens is 640 g/mol. The Balaban J connectivity index is 1.70. The summed E-state index contributed by atoms with van der Waals surface area (Å²) in [6.07, 6.45) is 3.04. The molecule has 0 unspecified atom stereocenters. The molecule has 2 heterocycles. The average Bonchev–Trinajstić information content (AvgIpc) is 3.60. The average molecular weight is 665 g/mol. The molecule has 0 spiro atoms. The van der Waals surface area contributed by atoms with Crippen molar-refractivity contribution in [3.63, 3.8) is 0 Å². The van der Waals surface area contributed by atoms with Gasteiger partial charge in [-0.3, -0.25) is 14.2 Å². The standard InChI is InChI=1S/C26H25FIN5O5S/c1-14-23(38-21-6-4-5-20-17(21)11-12-33(20)39(36,37)29-2)22(25(34)30-16-8-9-16)24(32(3)26(14)35)31-19-10-7-15(28)13-18(19)27/h4-7,10-13,16,29,31H,8-9H2,1-3H3,(H,30,34). The number of amides is 1. The summed E-state index contributed by atoms with van der Waals surface area (Å²) < 4.78 is 51.3. The van der Waals surface area contributed by atoms with Crippen molar-refractivity contribution in [3.05, 3.63) is 79.5 Å². The van der Waals surface area contributed by atoms with Crippen LogP contribution in [0.4, 0.5) is 15.9 Å². The van der Waals surface area contributed by atoms with Crippen LogP contribution in [0.5, 0.6) is 11.5 Å². The lowest BCUT2D eigenvalue weighted by atomic mass is 10.1. The summed E-state index contributed by atoms with van der Waals surface area (Å²) in [7, 11) is -1.03. The highest BCUT2D eigenvalue weighted by Crippen LogP contribution is 2.37. The number of hydrogen-bond acceptors (Lipinski definition) is 6. The first-order valence-electron chi connectivity index (χ1n) is 12.0. The number of nitrogens with one attached hydrogen (secondary N) is 3. The Morgan fingerprint density at radius 1 is 1.18 bits per heavy atom. The fourth-order valence-electron chi connectivity index (χ4n) is 4.22. The molecule has 0 bridgehead atoms. The summed E-state index contributed by atoms with van der Waals surface area (Å²) in [4.78, 5) is 26.9. The van der Waals surface area contributed by atoms with Gasteiger partial charge in [0.25, 0.3) is 11.5 Å². The Bertz CT molecular complexity index is 1800. The van der Waals surface area contributed by atoms with E-state index in [4.69, 9.17) is 4.74 Å². The van der Waals surface area contributed by atoms with Gasteiger partial charge in [-0.2, -0.15) is 8.42 Å². The van der Waals surface area contributed by atoms with E-state index in [1.54, 1.807) is 30.3 Å². The van der Waals surface area contributed by atoms with E-state index in [1.165, 1.54) is 43.9 Å². The van der Waals surface area contributed by atoms with E-state index in [1.807, 2.05) is 22.6 Å². The van der Waals surface area contributed by atoms with Gasteiger partial charge in [0.2, 0.25) is 0 Å². The fourth-order valence-corrected chi connectivity index (χ4v) is 5.51. The number of hydrogen-bond donors (Lipinski definition) is 3. The van der Waals surface area contributed by atoms with Crippen LogP contribution in [0.2, 0.25) is 0 Å². The summed E-state index contributed by atoms with van der Waals surface area (Å²) in [6, 6.07) is 11.0. The topological polar surface area (TPSA) is 123 Å². The monoisotopic (exact) mass is 665 g/mol. The summed E-state index contributed by atoms with van der Waals surface area (Å²) >= 11 is 1.99. The molecule has 4 aromatic rings. The van der Waals surface area contributed by atoms with Crippen LogP contribution in [0.3, 0.4) is 0 Å². The van der Waals surface area contributed by atoms with Crippen molar-refractivity contribution in [2.75, 3.05) is 12.4 Å². The van der Waals surface area contributed by atoms with Crippen LogP contribution in [-0.2, 0) is 17.3 Å². The number of benzene rings is 2. The van der Waals surface area contributed by atoms with E-state index < -0.39 is 27.5 Å². The lowest BCUT2D eigenvalue weighted by molar-refractivity contribution is 0.0948. The SMILES string of the molecule is CNS(=O)(=O)n1ccc2c(Oc3c(C(=O)NC4CC4)c(Nc4ccc(I)cc4F)n(C)c(=O)c3C)cccc21. The van der Waals surface area contributed by atoms with Crippen molar-refractivity contribution in [2.45, 2.75) is 25.8 Å². The fraction of sp³-hybridized carbons (Fsp3) is 0.231. The Kier molecular flexibility index (Phi) is 7.15. The Morgan fingerprint density at radius 3 is 2.59 bits per heavy atom. The highest BCUT2D eigenvalue weighted by molar-refractivity contribution is 14.1. The maximum absolute atomic E-state index is 14.8. The minimum absolute atomic E-state index is 0.00463. The summed E-state index contributed by atoms with van der Waals surface area (Å²) in [5, 5.41) is 6.30. The van der Waals surface area contributed by atoms with Crippen molar-refractivity contribution < 1.29 is 22.3 Å². The van der Waals surface area contributed by atoms with Crippen molar-refractivity contribution in [1.29, 1.82) is 0 Å². The number of fused-ring (bicyclic) bond motifs is 1. The van der Waals surface area contributed by atoms with Gasteiger partial charge in [-0.05, 0) is 78.8 Å². The third-order valence-corrected chi connectivity index (χ3v) is 8.50. The Hall–Kier alpha value is -3.43. The minimum atomic E-state index is -3.82. The zero-order valence-electron chi connectivity index (χ0n) is 21.2. The molecule has 0 atom stereocenters. The van der Waals surface area contributed by atoms with Crippen molar-refractivity contribution in [1.82, 2.24) is 18.6 Å². The highest BCUT2D eigenvalue weighted by atomic mass is 127. The zero-order chi connectivity index (χ0) is 28.1. The molecule has 1 aliphatic rings. The molecule has 1 amide bonds. The largest absolute Gasteiger partial charge is 0.455 e. The first-order chi connectivity index (χ1) is 18.5. The first kappa shape index (κ1) is 27.1. The molecule has 2 aromatic heterocycles. The quantitative estimate of drug-likeness (QED) is 0.244. The van der Waals surface area contributed by atoms with Crippen molar-refractivity contribution >= 4 is 61.1 Å². The Morgan fingerprint density at radius 2 is 1.92 bits per heavy atom. The normalized spacial score (nSPS) is 13.5. The number of halogens is 2. The molecular formula is C26H25FIN5O5S. The second kappa shape index (κ2) is 10.3. The van der Waals surface area contributed by atoms with Gasteiger partial charge in [-0.25, -0.2) is 13.1 Å². The van der Waals surface area contributed by atoms with Crippen LogP contribution in [-0.4, -0.2) is 36.0 Å². The zero-order valence-corrected chi connectivity index (χ0v) is 24.2. The van der Waals surface area contributed by atoms with Gasteiger partial charge in [0.05, 0.1) is 16.8 Å². The predicted molar refractivity (Wildman–Crippen MR) is 155 cm³/mol.